The van der Waals surface area contributed by atoms with Crippen LogP contribution in [0.25, 0.3) is 22.3 Å². The Hall–Kier alpha value is -6.26. The average Bonchev–Trinajstić information content (AvgIpc) is 3.80. The molecule has 0 atom stereocenters. The van der Waals surface area contributed by atoms with Gasteiger partial charge in [-0.1, -0.05) is 27.7 Å². The van der Waals surface area contributed by atoms with E-state index in [2.05, 4.69) is 24.9 Å². The molecule has 0 aliphatic carbocycles. The number of pyridine rings is 2. The molecule has 0 saturated heterocycles. The number of benzene rings is 2. The van der Waals surface area contributed by atoms with Crippen molar-refractivity contribution in [1.82, 2.24) is 44.1 Å². The first kappa shape index (κ1) is 53.4. The molecule has 0 aliphatic rings. The molecule has 0 saturated carbocycles. The highest BCUT2D eigenvalue weighted by atomic mass is 32.2. The zero-order valence-electron chi connectivity index (χ0n) is 39.2. The third-order valence-corrected chi connectivity index (χ3v) is 12.1. The maximum atomic E-state index is 14.4. The minimum Gasteiger partial charge on any atom is -0.481 e. The number of aryl methyl sites for hydroxylation is 2. The number of carbonyl (C=O) groups excluding carboxylic acids is 1. The number of aromatic nitrogens is 6. The molecule has 21 heteroatoms. The van der Waals surface area contributed by atoms with Crippen molar-refractivity contribution in [3.63, 3.8) is 0 Å². The zero-order chi connectivity index (χ0) is 50.0. The van der Waals surface area contributed by atoms with E-state index in [1.807, 2.05) is 65.7 Å². The minimum atomic E-state index is -4.17. The largest absolute Gasteiger partial charge is 0.481 e. The summed E-state index contributed by atoms with van der Waals surface area (Å²) in [4.78, 5) is 35.7. The molecule has 4 aromatic heterocycles. The van der Waals surface area contributed by atoms with Gasteiger partial charge in [0, 0.05) is 64.1 Å². The quantitative estimate of drug-likeness (QED) is 0.114. The van der Waals surface area contributed by atoms with Gasteiger partial charge >= 0.3 is 5.97 Å². The lowest BCUT2D eigenvalue weighted by atomic mass is 9.88. The van der Waals surface area contributed by atoms with Crippen LogP contribution in [-0.4, -0.2) is 101 Å². The molecule has 17 nitrogen and oxygen atoms in total. The van der Waals surface area contributed by atoms with Gasteiger partial charge in [0.05, 0.1) is 24.2 Å². The summed E-state index contributed by atoms with van der Waals surface area (Å²) >= 11 is 0. The van der Waals surface area contributed by atoms with Crippen molar-refractivity contribution in [3.05, 3.63) is 131 Å². The normalized spacial score (nSPS) is 11.7. The molecule has 0 bridgehead atoms. The first-order valence-corrected chi connectivity index (χ1v) is 23.9. The number of hydrogen-bond acceptors (Lipinski definition) is 12. The van der Waals surface area contributed by atoms with Crippen LogP contribution in [-0.2, 0) is 69.7 Å². The second kappa shape index (κ2) is 23.0. The fourth-order valence-corrected chi connectivity index (χ4v) is 8.57. The summed E-state index contributed by atoms with van der Waals surface area (Å²) in [5.41, 5.74) is 6.72. The number of carboxylic acid groups (broad SMARTS) is 1. The van der Waals surface area contributed by atoms with Crippen LogP contribution in [0, 0.1) is 11.6 Å². The summed E-state index contributed by atoms with van der Waals surface area (Å²) in [6.45, 7) is 8.76. The molecule has 1 amide bonds. The lowest BCUT2D eigenvalue weighted by Gasteiger charge is -2.18. The Kier molecular flexibility index (Phi) is 18.3. The van der Waals surface area contributed by atoms with Gasteiger partial charge in [0.1, 0.15) is 11.6 Å². The van der Waals surface area contributed by atoms with Crippen molar-refractivity contribution in [2.45, 2.75) is 75.5 Å². The summed E-state index contributed by atoms with van der Waals surface area (Å²) in [7, 11) is 2.98. The van der Waals surface area contributed by atoms with Crippen LogP contribution in [0.3, 0.4) is 0 Å². The molecular weight excluding hydrogens is 907 g/mol. The number of rotatable bonds is 15. The number of nitrogens with zero attached hydrogens (tertiary/aromatic N) is 8. The van der Waals surface area contributed by atoms with Gasteiger partial charge in [-0.15, -0.1) is 0 Å². The number of nitrogens with two attached hydrogens (primary N) is 1. The number of hydrogen-bond donors (Lipinski definition) is 3. The number of aliphatic carboxylic acids is 1. The van der Waals surface area contributed by atoms with Crippen LogP contribution in [0.2, 0.25) is 0 Å². The van der Waals surface area contributed by atoms with Gasteiger partial charge < -0.3 is 14.9 Å². The molecular formula is C46H58F2N10O7S2. The number of halogens is 2. The maximum absolute atomic E-state index is 14.4. The lowest BCUT2D eigenvalue weighted by Crippen LogP contribution is -2.32. The highest BCUT2D eigenvalue weighted by Crippen LogP contribution is 2.33. The number of primary sulfonamides is 1. The van der Waals surface area contributed by atoms with Gasteiger partial charge in [0.25, 0.3) is 20.0 Å². The van der Waals surface area contributed by atoms with Crippen molar-refractivity contribution < 1.29 is 40.3 Å². The van der Waals surface area contributed by atoms with Gasteiger partial charge in [-0.25, -0.2) is 27.1 Å². The molecule has 4 heterocycles. The summed E-state index contributed by atoms with van der Waals surface area (Å²) < 4.78 is 80.9. The molecule has 0 unspecified atom stereocenters. The number of carbonyl (C=O) groups is 2. The van der Waals surface area contributed by atoms with Gasteiger partial charge in [-0.2, -0.15) is 18.6 Å². The molecule has 0 radical (unpaired) electrons. The fourth-order valence-electron chi connectivity index (χ4n) is 7.04. The Morgan fingerprint density at radius 3 is 1.42 bits per heavy atom. The molecule has 0 fully saturated rings. The van der Waals surface area contributed by atoms with Crippen LogP contribution in [0.4, 0.5) is 8.78 Å². The van der Waals surface area contributed by atoms with Gasteiger partial charge in [0.15, 0.2) is 10.1 Å². The van der Waals surface area contributed by atoms with E-state index in [-0.39, 0.29) is 40.5 Å². The van der Waals surface area contributed by atoms with Gasteiger partial charge in [0.2, 0.25) is 5.91 Å². The summed E-state index contributed by atoms with van der Waals surface area (Å²) in [5.74, 6) is -2.45. The van der Waals surface area contributed by atoms with Crippen LogP contribution in [0.1, 0.15) is 73.2 Å². The van der Waals surface area contributed by atoms with Crippen molar-refractivity contribution in [2.24, 2.45) is 19.2 Å². The minimum absolute atomic E-state index is 0.0561. The third kappa shape index (κ3) is 15.1. The molecule has 0 aliphatic heterocycles. The number of sulfonamides is 2. The van der Waals surface area contributed by atoms with Crippen molar-refractivity contribution in [2.75, 3.05) is 28.2 Å². The molecule has 6 aromatic rings. The SMILES string of the molecule is CC(C)c1cc(F)cc(-c2ccncc2)c1CC(=O)NS(=O)(=O)c1cc(CN(C)C)n(C)n1.CC(C)c1cc(F)cc(-c2ccncc2)c1CC(=O)O.CN(C)Cc1cc(S(N)(=O)=O)nn1C. The predicted molar refractivity (Wildman–Crippen MR) is 250 cm³/mol. The van der Waals surface area contributed by atoms with E-state index >= 15 is 0 Å². The summed E-state index contributed by atoms with van der Waals surface area (Å²) in [6.07, 6.45) is 6.03. The van der Waals surface area contributed by atoms with E-state index < -0.39 is 37.7 Å². The van der Waals surface area contributed by atoms with E-state index in [9.17, 15) is 35.2 Å². The summed E-state index contributed by atoms with van der Waals surface area (Å²) in [6, 6.07) is 15.4. The highest BCUT2D eigenvalue weighted by Gasteiger charge is 2.25. The Balaban J connectivity index is 0.000000244. The standard InChI is InChI=1S/C23H28FN5O3S.C16H16FNO2.C7H14N4O2S/c1-15(2)19-10-17(24)11-20(16-6-8-25-9-7-16)21(19)13-22(30)27-33(31,32)23-12-18(14-28(3)4)29(5)26-23;1-10(2)13-7-12(17)8-14(15(13)9-16(19)20)11-3-5-18-6-4-11;1-10(2)5-6-4-7(9-11(6)3)14(8,12)13/h6-12,15H,13-14H2,1-5H3,(H,27,30);3-8,10H,9H2,1-2H3,(H,19,20);4H,5H2,1-3H3,(H2,8,12,13). The average molecular weight is 965 g/mol. The van der Waals surface area contributed by atoms with E-state index in [1.165, 1.54) is 45.8 Å². The van der Waals surface area contributed by atoms with E-state index in [0.29, 0.717) is 52.2 Å². The highest BCUT2D eigenvalue weighted by molar-refractivity contribution is 7.90. The monoisotopic (exact) mass is 964 g/mol. The third-order valence-electron chi connectivity index (χ3n) is 10.1. The molecule has 67 heavy (non-hydrogen) atoms. The second-order valence-corrected chi connectivity index (χ2v) is 20.0. The molecule has 4 N–H and O–H groups in total. The molecule has 2 aromatic carbocycles. The second-order valence-electron chi connectivity index (χ2n) is 16.8. The number of amides is 1. The maximum Gasteiger partial charge on any atom is 0.307 e. The van der Waals surface area contributed by atoms with Crippen LogP contribution in [0.5, 0.6) is 0 Å². The van der Waals surface area contributed by atoms with Crippen molar-refractivity contribution in [3.8, 4) is 22.3 Å². The van der Waals surface area contributed by atoms with E-state index in [0.717, 1.165) is 16.8 Å². The molecule has 360 valence electrons. The van der Waals surface area contributed by atoms with Gasteiger partial charge in [-0.3, -0.25) is 28.9 Å². The topological polar surface area (TPSA) is 229 Å². The molecule has 6 rings (SSSR count). The first-order chi connectivity index (χ1) is 31.3. The predicted octanol–water partition coefficient (Wildman–Crippen LogP) is 5.62. The van der Waals surface area contributed by atoms with E-state index in [1.54, 1.807) is 63.1 Å². The summed E-state index contributed by atoms with van der Waals surface area (Å²) in [5, 5.41) is 21.6. The van der Waals surface area contributed by atoms with Gasteiger partial charge in [-0.05, 0) is 133 Å². The Bertz CT molecular complexity index is 2890. The fraction of sp³-hybridized carbons (Fsp3) is 0.348. The number of nitrogens with one attached hydrogen (secondary N) is 1. The Morgan fingerprint density at radius 1 is 0.672 bits per heavy atom. The van der Waals surface area contributed by atoms with Crippen molar-refractivity contribution in [1.29, 1.82) is 0 Å². The first-order valence-electron chi connectivity index (χ1n) is 20.9. The van der Waals surface area contributed by atoms with Crippen molar-refractivity contribution >= 4 is 31.9 Å². The Labute approximate surface area is 390 Å². The lowest BCUT2D eigenvalue weighted by molar-refractivity contribution is -0.136. The smallest absolute Gasteiger partial charge is 0.307 e. The van der Waals surface area contributed by atoms with E-state index in [4.69, 9.17) is 10.2 Å². The van der Waals surface area contributed by atoms with Crippen LogP contribution >= 0.6 is 0 Å². The molecule has 0 spiro atoms. The van der Waals surface area contributed by atoms with Crippen LogP contribution < -0.4 is 9.86 Å². The Morgan fingerprint density at radius 2 is 1.06 bits per heavy atom. The van der Waals surface area contributed by atoms with Crippen LogP contribution in [0.15, 0.2) is 95.5 Å². The number of carboxylic acids is 1. The zero-order valence-corrected chi connectivity index (χ0v) is 40.8.